The second-order valence-electron chi connectivity index (χ2n) is 5.53. The molecule has 0 radical (unpaired) electrons. The SMILES string of the molecule is CCCNC(Cc1c(F)cccc1Cl)C1CCC(C)O1. The summed E-state index contributed by atoms with van der Waals surface area (Å²) in [6, 6.07) is 4.98. The van der Waals surface area contributed by atoms with Crippen LogP contribution in [0.25, 0.3) is 0 Å². The summed E-state index contributed by atoms with van der Waals surface area (Å²) in [6.45, 7) is 5.12. The summed E-state index contributed by atoms with van der Waals surface area (Å²) in [5.41, 5.74) is 0.589. The number of ether oxygens (including phenoxy) is 1. The van der Waals surface area contributed by atoms with Crippen LogP contribution in [0.3, 0.4) is 0 Å². The first-order valence-electron chi connectivity index (χ1n) is 7.43. The monoisotopic (exact) mass is 299 g/mol. The first-order chi connectivity index (χ1) is 9.61. The Kier molecular flexibility index (Phi) is 5.82. The number of hydrogen-bond donors (Lipinski definition) is 1. The van der Waals surface area contributed by atoms with Gasteiger partial charge in [-0.05, 0) is 51.3 Å². The Hall–Kier alpha value is -0.640. The molecule has 3 unspecified atom stereocenters. The summed E-state index contributed by atoms with van der Waals surface area (Å²) in [6.07, 6.45) is 4.15. The fourth-order valence-electron chi connectivity index (χ4n) is 2.74. The van der Waals surface area contributed by atoms with Gasteiger partial charge in [0.05, 0.1) is 12.2 Å². The van der Waals surface area contributed by atoms with E-state index in [1.165, 1.54) is 6.07 Å². The number of hydrogen-bond acceptors (Lipinski definition) is 2. The van der Waals surface area contributed by atoms with Crippen molar-refractivity contribution in [1.29, 1.82) is 0 Å². The second-order valence-corrected chi connectivity index (χ2v) is 5.93. The van der Waals surface area contributed by atoms with E-state index in [1.54, 1.807) is 12.1 Å². The van der Waals surface area contributed by atoms with Crippen LogP contribution < -0.4 is 5.32 Å². The molecule has 2 nitrogen and oxygen atoms in total. The minimum atomic E-state index is -0.230. The molecule has 0 bridgehead atoms. The Labute approximate surface area is 125 Å². The molecule has 4 heteroatoms. The van der Waals surface area contributed by atoms with Crippen LogP contribution in [0, 0.1) is 5.82 Å². The summed E-state index contributed by atoms with van der Waals surface area (Å²) in [7, 11) is 0. The maximum Gasteiger partial charge on any atom is 0.127 e. The van der Waals surface area contributed by atoms with Crippen LogP contribution in [0.1, 0.15) is 38.7 Å². The molecule has 0 aromatic heterocycles. The Morgan fingerprint density at radius 3 is 2.85 bits per heavy atom. The van der Waals surface area contributed by atoms with E-state index in [-0.39, 0.29) is 18.0 Å². The summed E-state index contributed by atoms with van der Waals surface area (Å²) in [5, 5.41) is 3.98. The zero-order chi connectivity index (χ0) is 14.5. The third kappa shape index (κ3) is 3.94. The molecule has 20 heavy (non-hydrogen) atoms. The van der Waals surface area contributed by atoms with Gasteiger partial charge < -0.3 is 10.1 Å². The van der Waals surface area contributed by atoms with Crippen LogP contribution in [0.5, 0.6) is 0 Å². The molecule has 1 N–H and O–H groups in total. The minimum absolute atomic E-state index is 0.120. The molecule has 0 amide bonds. The highest BCUT2D eigenvalue weighted by Gasteiger charge is 2.30. The summed E-state index contributed by atoms with van der Waals surface area (Å²) < 4.78 is 19.9. The van der Waals surface area contributed by atoms with Crippen LogP contribution in [0.4, 0.5) is 4.39 Å². The quantitative estimate of drug-likeness (QED) is 0.858. The van der Waals surface area contributed by atoms with Crippen molar-refractivity contribution in [3.05, 3.63) is 34.6 Å². The molecular weight excluding hydrogens is 277 g/mol. The van der Waals surface area contributed by atoms with E-state index in [4.69, 9.17) is 16.3 Å². The maximum atomic E-state index is 13.9. The van der Waals surface area contributed by atoms with Crippen molar-refractivity contribution in [2.75, 3.05) is 6.54 Å². The topological polar surface area (TPSA) is 21.3 Å². The largest absolute Gasteiger partial charge is 0.374 e. The van der Waals surface area contributed by atoms with Gasteiger partial charge in [0.15, 0.2) is 0 Å². The Bertz CT molecular complexity index is 420. The molecule has 1 aromatic rings. The van der Waals surface area contributed by atoms with Gasteiger partial charge in [0.1, 0.15) is 5.82 Å². The molecule has 1 aliphatic heterocycles. The number of rotatable bonds is 6. The third-order valence-corrected chi connectivity index (χ3v) is 4.21. The molecule has 3 atom stereocenters. The zero-order valence-corrected chi connectivity index (χ0v) is 12.9. The van der Waals surface area contributed by atoms with Crippen LogP contribution >= 0.6 is 11.6 Å². The van der Waals surface area contributed by atoms with Gasteiger partial charge in [0.25, 0.3) is 0 Å². The lowest BCUT2D eigenvalue weighted by atomic mass is 9.98. The fourth-order valence-corrected chi connectivity index (χ4v) is 2.98. The lowest BCUT2D eigenvalue weighted by molar-refractivity contribution is 0.0319. The van der Waals surface area contributed by atoms with Crippen molar-refractivity contribution in [3.8, 4) is 0 Å². The van der Waals surface area contributed by atoms with Crippen molar-refractivity contribution in [2.24, 2.45) is 0 Å². The van der Waals surface area contributed by atoms with Crippen molar-refractivity contribution in [3.63, 3.8) is 0 Å². The highest BCUT2D eigenvalue weighted by molar-refractivity contribution is 6.31. The van der Waals surface area contributed by atoms with Crippen molar-refractivity contribution >= 4 is 11.6 Å². The van der Waals surface area contributed by atoms with E-state index >= 15 is 0 Å². The first kappa shape index (κ1) is 15.7. The van der Waals surface area contributed by atoms with Gasteiger partial charge in [-0.25, -0.2) is 4.39 Å². The van der Waals surface area contributed by atoms with Gasteiger partial charge >= 0.3 is 0 Å². The third-order valence-electron chi connectivity index (χ3n) is 3.86. The van der Waals surface area contributed by atoms with Gasteiger partial charge in [-0.15, -0.1) is 0 Å². The Morgan fingerprint density at radius 1 is 1.45 bits per heavy atom. The second kappa shape index (κ2) is 7.39. The van der Waals surface area contributed by atoms with Crippen LogP contribution in [-0.2, 0) is 11.2 Å². The lowest BCUT2D eigenvalue weighted by Crippen LogP contribution is -2.42. The average Bonchev–Trinajstić information content (AvgIpc) is 2.84. The molecule has 1 saturated heterocycles. The van der Waals surface area contributed by atoms with E-state index in [2.05, 4.69) is 19.2 Å². The highest BCUT2D eigenvalue weighted by atomic mass is 35.5. The molecule has 1 aromatic carbocycles. The number of benzene rings is 1. The summed E-state index contributed by atoms with van der Waals surface area (Å²) >= 11 is 6.13. The zero-order valence-electron chi connectivity index (χ0n) is 12.2. The van der Waals surface area contributed by atoms with Crippen LogP contribution in [-0.4, -0.2) is 24.8 Å². The van der Waals surface area contributed by atoms with Crippen molar-refractivity contribution in [1.82, 2.24) is 5.32 Å². The molecule has 0 aliphatic carbocycles. The molecule has 0 spiro atoms. The molecule has 0 saturated carbocycles. The lowest BCUT2D eigenvalue weighted by Gasteiger charge is -2.25. The minimum Gasteiger partial charge on any atom is -0.374 e. The van der Waals surface area contributed by atoms with E-state index in [9.17, 15) is 4.39 Å². The van der Waals surface area contributed by atoms with Crippen molar-refractivity contribution in [2.45, 2.75) is 57.8 Å². The van der Waals surface area contributed by atoms with Gasteiger partial charge in [-0.2, -0.15) is 0 Å². The van der Waals surface area contributed by atoms with E-state index in [0.29, 0.717) is 23.1 Å². The summed E-state index contributed by atoms with van der Waals surface area (Å²) in [4.78, 5) is 0. The molecule has 1 fully saturated rings. The van der Waals surface area contributed by atoms with Gasteiger partial charge in [0, 0.05) is 16.6 Å². The van der Waals surface area contributed by atoms with Crippen LogP contribution in [0.2, 0.25) is 5.02 Å². The highest BCUT2D eigenvalue weighted by Crippen LogP contribution is 2.27. The van der Waals surface area contributed by atoms with E-state index < -0.39 is 0 Å². The van der Waals surface area contributed by atoms with Gasteiger partial charge in [-0.1, -0.05) is 24.6 Å². The normalized spacial score (nSPS) is 24.0. The Morgan fingerprint density at radius 2 is 2.25 bits per heavy atom. The van der Waals surface area contributed by atoms with Crippen LogP contribution in [0.15, 0.2) is 18.2 Å². The van der Waals surface area contributed by atoms with E-state index in [1.807, 2.05) is 0 Å². The van der Waals surface area contributed by atoms with Crippen molar-refractivity contribution < 1.29 is 9.13 Å². The molecular formula is C16H23ClFNO. The first-order valence-corrected chi connectivity index (χ1v) is 7.81. The predicted molar refractivity (Wildman–Crippen MR) is 80.8 cm³/mol. The maximum absolute atomic E-state index is 13.9. The molecule has 2 rings (SSSR count). The number of nitrogens with one attached hydrogen (secondary N) is 1. The van der Waals surface area contributed by atoms with Gasteiger partial charge in [-0.3, -0.25) is 0 Å². The van der Waals surface area contributed by atoms with Gasteiger partial charge in [0.2, 0.25) is 0 Å². The molecule has 112 valence electrons. The average molecular weight is 300 g/mol. The molecule has 1 heterocycles. The molecule has 1 aliphatic rings. The summed E-state index contributed by atoms with van der Waals surface area (Å²) in [5.74, 6) is -0.230. The predicted octanol–water partition coefficient (Wildman–Crippen LogP) is 3.96. The number of halogens is 2. The smallest absolute Gasteiger partial charge is 0.127 e. The standard InChI is InChI=1S/C16H23ClFNO/c1-3-9-19-15(16-8-7-11(2)20-16)10-12-13(17)5-4-6-14(12)18/h4-6,11,15-16,19H,3,7-10H2,1-2H3. The van der Waals surface area contributed by atoms with E-state index in [0.717, 1.165) is 25.8 Å². The Balaban J connectivity index is 2.10. The fraction of sp³-hybridized carbons (Fsp3) is 0.625.